The molecule has 120 valence electrons. The van der Waals surface area contributed by atoms with Crippen molar-refractivity contribution in [2.75, 3.05) is 19.6 Å². The molecule has 1 aromatic carbocycles. The van der Waals surface area contributed by atoms with E-state index in [9.17, 15) is 4.79 Å². The first kappa shape index (κ1) is 16.8. The van der Waals surface area contributed by atoms with Gasteiger partial charge in [0.25, 0.3) is 0 Å². The third-order valence-corrected chi connectivity index (χ3v) is 4.33. The van der Waals surface area contributed by atoms with Crippen molar-refractivity contribution in [1.29, 1.82) is 0 Å². The summed E-state index contributed by atoms with van der Waals surface area (Å²) in [7, 11) is 0. The van der Waals surface area contributed by atoms with Crippen LogP contribution in [0.1, 0.15) is 43.7 Å². The Hall–Kier alpha value is -1.61. The van der Waals surface area contributed by atoms with E-state index in [0.29, 0.717) is 6.04 Å². The zero-order valence-electron chi connectivity index (χ0n) is 13.8. The van der Waals surface area contributed by atoms with Crippen LogP contribution in [0.5, 0.6) is 0 Å². The summed E-state index contributed by atoms with van der Waals surface area (Å²) in [5, 5.41) is 2.97. The van der Waals surface area contributed by atoms with Crippen LogP contribution in [0, 0.1) is 6.92 Å². The molecular formula is C19H28N2O. The highest BCUT2D eigenvalue weighted by atomic mass is 16.1. The lowest BCUT2D eigenvalue weighted by Gasteiger charge is -2.33. The summed E-state index contributed by atoms with van der Waals surface area (Å²) in [4.78, 5) is 14.3. The van der Waals surface area contributed by atoms with Crippen LogP contribution in [0.25, 0.3) is 6.08 Å². The summed E-state index contributed by atoms with van der Waals surface area (Å²) >= 11 is 0. The summed E-state index contributed by atoms with van der Waals surface area (Å²) in [5.74, 6) is -0.00630. The van der Waals surface area contributed by atoms with Gasteiger partial charge in [-0.1, -0.05) is 36.2 Å². The Labute approximate surface area is 134 Å². The number of hydrogen-bond acceptors (Lipinski definition) is 2. The number of likely N-dealkylation sites (tertiary alicyclic amines) is 1. The van der Waals surface area contributed by atoms with Gasteiger partial charge in [0, 0.05) is 25.2 Å². The Bertz CT molecular complexity index is 510. The third-order valence-electron chi connectivity index (χ3n) is 4.33. The number of amides is 1. The molecule has 1 amide bonds. The lowest BCUT2D eigenvalue weighted by atomic mass is 10.0. The highest BCUT2D eigenvalue weighted by Crippen LogP contribution is 2.16. The third kappa shape index (κ3) is 5.64. The maximum Gasteiger partial charge on any atom is 0.243 e. The molecule has 1 aliphatic rings. The molecule has 22 heavy (non-hydrogen) atoms. The van der Waals surface area contributed by atoms with E-state index in [-0.39, 0.29) is 5.91 Å². The SMILES string of the molecule is Cc1cccc(/C=C/C(=O)NCCCN2CCCC[C@H]2C)c1. The first-order chi connectivity index (χ1) is 10.6. The molecule has 1 atom stereocenters. The summed E-state index contributed by atoms with van der Waals surface area (Å²) in [5.41, 5.74) is 2.27. The van der Waals surface area contributed by atoms with Gasteiger partial charge in [0.2, 0.25) is 5.91 Å². The number of rotatable bonds is 6. The van der Waals surface area contributed by atoms with Gasteiger partial charge in [0.15, 0.2) is 0 Å². The fourth-order valence-electron chi connectivity index (χ4n) is 2.99. The van der Waals surface area contributed by atoms with E-state index >= 15 is 0 Å². The van der Waals surface area contributed by atoms with Crippen molar-refractivity contribution in [3.05, 3.63) is 41.5 Å². The molecule has 0 aliphatic carbocycles. The summed E-state index contributed by atoms with van der Waals surface area (Å²) in [6.45, 7) is 7.41. The van der Waals surface area contributed by atoms with Gasteiger partial charge >= 0.3 is 0 Å². The van der Waals surface area contributed by atoms with Gasteiger partial charge in [0.05, 0.1) is 0 Å². The quantitative estimate of drug-likeness (QED) is 0.645. The van der Waals surface area contributed by atoms with Crippen molar-refractivity contribution in [1.82, 2.24) is 10.2 Å². The van der Waals surface area contributed by atoms with Crippen molar-refractivity contribution < 1.29 is 4.79 Å². The highest BCUT2D eigenvalue weighted by molar-refractivity contribution is 5.91. The fraction of sp³-hybridized carbons (Fsp3) is 0.526. The molecule has 3 heteroatoms. The van der Waals surface area contributed by atoms with E-state index in [0.717, 1.165) is 25.1 Å². The van der Waals surface area contributed by atoms with Crippen LogP contribution in [0.2, 0.25) is 0 Å². The van der Waals surface area contributed by atoms with Crippen LogP contribution < -0.4 is 5.32 Å². The largest absolute Gasteiger partial charge is 0.353 e. The predicted octanol–water partition coefficient (Wildman–Crippen LogP) is 3.39. The van der Waals surface area contributed by atoms with E-state index in [2.05, 4.69) is 36.2 Å². The molecule has 0 saturated carbocycles. The van der Waals surface area contributed by atoms with E-state index in [1.165, 1.54) is 31.4 Å². The number of carbonyl (C=O) groups excluding carboxylic acids is 1. The molecule has 0 radical (unpaired) electrons. The van der Waals surface area contributed by atoms with Crippen LogP contribution in [-0.4, -0.2) is 36.5 Å². The molecule has 1 fully saturated rings. The molecule has 1 N–H and O–H groups in total. The molecule has 0 spiro atoms. The minimum Gasteiger partial charge on any atom is -0.353 e. The number of hydrogen-bond donors (Lipinski definition) is 1. The normalized spacial score (nSPS) is 19.5. The molecule has 1 heterocycles. The first-order valence-electron chi connectivity index (χ1n) is 8.42. The second-order valence-electron chi connectivity index (χ2n) is 6.27. The Morgan fingerprint density at radius 3 is 3.05 bits per heavy atom. The number of carbonyl (C=O) groups is 1. The second-order valence-corrected chi connectivity index (χ2v) is 6.27. The Morgan fingerprint density at radius 2 is 2.27 bits per heavy atom. The van der Waals surface area contributed by atoms with E-state index in [1.807, 2.05) is 18.2 Å². The molecule has 1 saturated heterocycles. The average molecular weight is 300 g/mol. The van der Waals surface area contributed by atoms with Gasteiger partial charge in [-0.3, -0.25) is 4.79 Å². The van der Waals surface area contributed by atoms with Gasteiger partial charge in [-0.15, -0.1) is 0 Å². The van der Waals surface area contributed by atoms with E-state index in [1.54, 1.807) is 6.08 Å². The number of aryl methyl sites for hydroxylation is 1. The van der Waals surface area contributed by atoms with Gasteiger partial charge in [-0.2, -0.15) is 0 Å². The summed E-state index contributed by atoms with van der Waals surface area (Å²) in [6.07, 6.45) is 8.50. The maximum atomic E-state index is 11.8. The van der Waals surface area contributed by atoms with Crippen LogP contribution in [0.15, 0.2) is 30.3 Å². The number of nitrogens with zero attached hydrogens (tertiary/aromatic N) is 1. The Balaban J connectivity index is 1.65. The minimum absolute atomic E-state index is 0.00630. The molecular weight excluding hydrogens is 272 g/mol. The molecule has 0 unspecified atom stereocenters. The molecule has 0 bridgehead atoms. The van der Waals surface area contributed by atoms with Gasteiger partial charge in [0.1, 0.15) is 0 Å². The van der Waals surface area contributed by atoms with Gasteiger partial charge in [-0.05, 0) is 51.3 Å². The van der Waals surface area contributed by atoms with Crippen LogP contribution in [0.3, 0.4) is 0 Å². The molecule has 2 rings (SSSR count). The monoisotopic (exact) mass is 300 g/mol. The zero-order chi connectivity index (χ0) is 15.8. The smallest absolute Gasteiger partial charge is 0.243 e. The average Bonchev–Trinajstić information content (AvgIpc) is 2.51. The van der Waals surface area contributed by atoms with E-state index in [4.69, 9.17) is 0 Å². The first-order valence-corrected chi connectivity index (χ1v) is 8.42. The van der Waals surface area contributed by atoms with Crippen LogP contribution >= 0.6 is 0 Å². The topological polar surface area (TPSA) is 32.3 Å². The lowest BCUT2D eigenvalue weighted by molar-refractivity contribution is -0.116. The lowest BCUT2D eigenvalue weighted by Crippen LogP contribution is -2.39. The Kier molecular flexibility index (Phi) is 6.66. The summed E-state index contributed by atoms with van der Waals surface area (Å²) < 4.78 is 0. The van der Waals surface area contributed by atoms with Crippen molar-refractivity contribution in [2.45, 2.75) is 45.6 Å². The van der Waals surface area contributed by atoms with Crippen molar-refractivity contribution in [3.8, 4) is 0 Å². The van der Waals surface area contributed by atoms with Crippen molar-refractivity contribution in [3.63, 3.8) is 0 Å². The molecule has 0 aromatic heterocycles. The number of nitrogens with one attached hydrogen (secondary N) is 1. The van der Waals surface area contributed by atoms with Gasteiger partial charge < -0.3 is 10.2 Å². The maximum absolute atomic E-state index is 11.8. The summed E-state index contributed by atoms with van der Waals surface area (Å²) in [6, 6.07) is 8.84. The zero-order valence-corrected chi connectivity index (χ0v) is 13.8. The molecule has 1 aromatic rings. The van der Waals surface area contributed by atoms with Crippen LogP contribution in [0.4, 0.5) is 0 Å². The second kappa shape index (κ2) is 8.74. The Morgan fingerprint density at radius 1 is 1.41 bits per heavy atom. The minimum atomic E-state index is -0.00630. The predicted molar refractivity (Wildman–Crippen MR) is 92.7 cm³/mol. The number of benzene rings is 1. The van der Waals surface area contributed by atoms with Gasteiger partial charge in [-0.25, -0.2) is 0 Å². The van der Waals surface area contributed by atoms with E-state index < -0.39 is 0 Å². The van der Waals surface area contributed by atoms with Crippen molar-refractivity contribution in [2.24, 2.45) is 0 Å². The fourth-order valence-corrected chi connectivity index (χ4v) is 2.99. The molecule has 3 nitrogen and oxygen atoms in total. The molecule has 1 aliphatic heterocycles. The van der Waals surface area contributed by atoms with Crippen LogP contribution in [-0.2, 0) is 4.79 Å². The highest BCUT2D eigenvalue weighted by Gasteiger charge is 2.16. The van der Waals surface area contributed by atoms with Crippen molar-refractivity contribution >= 4 is 12.0 Å². The standard InChI is InChI=1S/C19H28N2O/c1-16-7-5-9-18(15-16)10-11-19(22)20-12-6-14-21-13-4-3-8-17(21)2/h5,7,9-11,15,17H,3-4,6,8,12-14H2,1-2H3,(H,20,22)/b11-10+/t17-/m1/s1. The number of piperidine rings is 1.